The van der Waals surface area contributed by atoms with Crippen LogP contribution in [0.2, 0.25) is 0 Å². The van der Waals surface area contributed by atoms with Crippen molar-refractivity contribution in [2.75, 3.05) is 0 Å². The molecule has 0 aliphatic heterocycles. The average Bonchev–Trinajstić information content (AvgIpc) is 3.46. The van der Waals surface area contributed by atoms with Gasteiger partial charge >= 0.3 is 5.97 Å². The summed E-state index contributed by atoms with van der Waals surface area (Å²) in [6, 6.07) is 0. The van der Waals surface area contributed by atoms with E-state index in [1.807, 2.05) is 6.20 Å². The highest BCUT2D eigenvalue weighted by Gasteiger charge is 2.57. The van der Waals surface area contributed by atoms with Gasteiger partial charge in [-0.3, -0.25) is 4.79 Å². The first kappa shape index (κ1) is 31.3. The van der Waals surface area contributed by atoms with Crippen molar-refractivity contribution in [3.05, 3.63) is 53.3 Å². The Morgan fingerprint density at radius 3 is 2.74 bits per heavy atom. The third kappa shape index (κ3) is 6.36. The van der Waals surface area contributed by atoms with Gasteiger partial charge in [0.05, 0.1) is 23.8 Å². The lowest BCUT2D eigenvalue weighted by molar-refractivity contribution is -0.149. The smallest absolute Gasteiger partial charge is 0.302 e. The molecule has 0 unspecified atom stereocenters. The minimum atomic E-state index is -0.649. The second-order valence-corrected chi connectivity index (χ2v) is 14.2. The van der Waals surface area contributed by atoms with Crippen LogP contribution in [0.4, 0.5) is 0 Å². The molecule has 0 radical (unpaired) electrons. The summed E-state index contributed by atoms with van der Waals surface area (Å²) >= 11 is 0. The topological polar surface area (TPSA) is 92.8 Å². The molecular formula is C36H53NO5. The Morgan fingerprint density at radius 1 is 1.24 bits per heavy atom. The van der Waals surface area contributed by atoms with Gasteiger partial charge in [-0.15, -0.1) is 0 Å². The zero-order chi connectivity index (χ0) is 30.1. The predicted octanol–water partition coefficient (Wildman–Crippen LogP) is 7.54. The first-order chi connectivity index (χ1) is 20.1. The third-order valence-electron chi connectivity index (χ3n) is 11.3. The Kier molecular flexibility index (Phi) is 9.54. The summed E-state index contributed by atoms with van der Waals surface area (Å²) < 4.78 is 12.2. The van der Waals surface area contributed by atoms with Gasteiger partial charge in [0.2, 0.25) is 5.89 Å². The lowest BCUT2D eigenvalue weighted by atomic mass is 9.60. The molecule has 232 valence electrons. The van der Waals surface area contributed by atoms with E-state index in [-0.39, 0.29) is 22.9 Å². The van der Waals surface area contributed by atoms with Crippen LogP contribution in [0, 0.1) is 23.2 Å². The number of carbonyl (C=O) groups is 1. The van der Waals surface area contributed by atoms with Crippen molar-refractivity contribution in [2.45, 2.75) is 141 Å². The van der Waals surface area contributed by atoms with Gasteiger partial charge in [0.1, 0.15) is 11.9 Å². The molecule has 0 amide bonds. The molecule has 0 bridgehead atoms. The first-order valence-electron chi connectivity index (χ1n) is 16.6. The lowest BCUT2D eigenvalue weighted by Gasteiger charge is -2.44. The summed E-state index contributed by atoms with van der Waals surface area (Å²) in [7, 11) is 0. The molecule has 0 aromatic carbocycles. The number of carbonyl (C=O) groups excluding carboxylic acids is 1. The fraction of sp³-hybridized carbons (Fsp3) is 0.722. The van der Waals surface area contributed by atoms with Crippen LogP contribution in [0.15, 0.2) is 46.1 Å². The number of esters is 1. The lowest BCUT2D eigenvalue weighted by Crippen LogP contribution is -2.37. The summed E-state index contributed by atoms with van der Waals surface area (Å²) in [5, 5.41) is 20.5. The average molecular weight is 580 g/mol. The Hall–Kier alpha value is -2.18. The fourth-order valence-corrected chi connectivity index (χ4v) is 8.76. The number of ether oxygens (including phenoxy) is 1. The van der Waals surface area contributed by atoms with E-state index >= 15 is 0 Å². The van der Waals surface area contributed by atoms with Gasteiger partial charge in [-0.1, -0.05) is 51.5 Å². The van der Waals surface area contributed by atoms with Crippen LogP contribution in [-0.4, -0.2) is 39.5 Å². The number of aliphatic hydroxyl groups is 2. The fourth-order valence-electron chi connectivity index (χ4n) is 8.76. The van der Waals surface area contributed by atoms with Gasteiger partial charge in [0.25, 0.3) is 0 Å². The molecule has 2 N–H and O–H groups in total. The second-order valence-electron chi connectivity index (χ2n) is 14.2. The monoisotopic (exact) mass is 579 g/mol. The van der Waals surface area contributed by atoms with Gasteiger partial charge in [0, 0.05) is 19.8 Å². The number of allylic oxidation sites excluding steroid dienone is 3. The van der Waals surface area contributed by atoms with Crippen molar-refractivity contribution in [2.24, 2.45) is 23.2 Å². The quantitative estimate of drug-likeness (QED) is 0.263. The van der Waals surface area contributed by atoms with Gasteiger partial charge < -0.3 is 19.4 Å². The standard InChI is InChI=1S/C36H53NO5/c1-6-7-10-29-22-37-34(42-29)36(18-19-36)33(41-25(4)38)16-11-23(2)30-14-15-31-26(9-8-17-35(30,31)5)12-13-27-20-28(39)21-32(40)24(27)3/h12-13,22-23,28,30-33,39-40H,3,6-11,14-21H2,1-2,4-5H3/t23-,28-,30-,31+,32+,33+,35-/m1/s1. The normalized spacial score (nSPS) is 33.9. The molecule has 42 heavy (non-hydrogen) atoms. The Balaban J connectivity index is 1.26. The zero-order valence-electron chi connectivity index (χ0n) is 26.4. The van der Waals surface area contributed by atoms with Crippen LogP contribution in [0.1, 0.15) is 123 Å². The molecule has 4 aliphatic carbocycles. The minimum Gasteiger partial charge on any atom is -0.461 e. The Labute approximate surface area is 252 Å². The molecule has 1 heterocycles. The Bertz CT molecular complexity index is 1190. The van der Waals surface area contributed by atoms with E-state index in [1.54, 1.807) is 0 Å². The first-order valence-corrected chi connectivity index (χ1v) is 16.6. The zero-order valence-corrected chi connectivity index (χ0v) is 26.4. The van der Waals surface area contributed by atoms with E-state index in [1.165, 1.54) is 38.2 Å². The van der Waals surface area contributed by atoms with E-state index in [0.29, 0.717) is 30.6 Å². The molecular weight excluding hydrogens is 526 g/mol. The molecule has 0 spiro atoms. The summed E-state index contributed by atoms with van der Waals surface area (Å²) in [6.45, 7) is 12.7. The number of fused-ring (bicyclic) bond motifs is 1. The maximum atomic E-state index is 12.2. The number of unbranched alkanes of at least 4 members (excludes halogenated alkanes) is 1. The second kappa shape index (κ2) is 12.8. The molecule has 4 saturated carbocycles. The van der Waals surface area contributed by atoms with Crippen molar-refractivity contribution in [3.63, 3.8) is 0 Å². The molecule has 4 fully saturated rings. The molecule has 1 aromatic rings. The summed E-state index contributed by atoms with van der Waals surface area (Å²) in [4.78, 5) is 16.9. The number of hydrogen-bond donors (Lipinski definition) is 2. The maximum absolute atomic E-state index is 12.2. The van der Waals surface area contributed by atoms with E-state index in [4.69, 9.17) is 9.15 Å². The van der Waals surface area contributed by atoms with Gasteiger partial charge in [0.15, 0.2) is 0 Å². The number of aliphatic hydroxyl groups excluding tert-OH is 2. The largest absolute Gasteiger partial charge is 0.461 e. The number of hydrogen-bond acceptors (Lipinski definition) is 6. The third-order valence-corrected chi connectivity index (χ3v) is 11.3. The van der Waals surface area contributed by atoms with Crippen molar-refractivity contribution in [3.8, 4) is 0 Å². The summed E-state index contributed by atoms with van der Waals surface area (Å²) in [6.07, 6.45) is 18.8. The van der Waals surface area contributed by atoms with Crippen LogP contribution >= 0.6 is 0 Å². The van der Waals surface area contributed by atoms with Crippen molar-refractivity contribution >= 4 is 5.97 Å². The molecule has 6 nitrogen and oxygen atoms in total. The number of rotatable bonds is 11. The van der Waals surface area contributed by atoms with Gasteiger partial charge in [-0.25, -0.2) is 4.98 Å². The molecule has 7 atom stereocenters. The van der Waals surface area contributed by atoms with Crippen molar-refractivity contribution in [1.82, 2.24) is 4.98 Å². The number of nitrogens with zero attached hydrogens (tertiary/aromatic N) is 1. The molecule has 6 heteroatoms. The van der Waals surface area contributed by atoms with E-state index in [0.717, 1.165) is 74.2 Å². The predicted molar refractivity (Wildman–Crippen MR) is 165 cm³/mol. The van der Waals surface area contributed by atoms with Gasteiger partial charge in [-0.2, -0.15) is 0 Å². The number of aromatic nitrogens is 1. The van der Waals surface area contributed by atoms with Crippen LogP contribution in [-0.2, 0) is 21.4 Å². The van der Waals surface area contributed by atoms with E-state index < -0.39 is 12.2 Å². The van der Waals surface area contributed by atoms with Crippen LogP contribution < -0.4 is 0 Å². The molecule has 0 saturated heterocycles. The highest BCUT2D eigenvalue weighted by molar-refractivity contribution is 5.66. The number of aryl methyl sites for hydroxylation is 1. The molecule has 4 aliphatic rings. The maximum Gasteiger partial charge on any atom is 0.302 e. The van der Waals surface area contributed by atoms with Crippen LogP contribution in [0.5, 0.6) is 0 Å². The van der Waals surface area contributed by atoms with E-state index in [2.05, 4.69) is 44.5 Å². The minimum absolute atomic E-state index is 0.192. The van der Waals surface area contributed by atoms with E-state index in [9.17, 15) is 15.0 Å². The highest BCUT2D eigenvalue weighted by atomic mass is 16.5. The number of oxazole rings is 1. The summed E-state index contributed by atoms with van der Waals surface area (Å²) in [5.74, 6) is 3.20. The summed E-state index contributed by atoms with van der Waals surface area (Å²) in [5.41, 5.74) is 3.25. The van der Waals surface area contributed by atoms with Gasteiger partial charge in [-0.05, 0) is 105 Å². The molecule has 5 rings (SSSR count). The van der Waals surface area contributed by atoms with Crippen LogP contribution in [0.25, 0.3) is 0 Å². The van der Waals surface area contributed by atoms with Crippen molar-refractivity contribution < 1.29 is 24.2 Å². The molecule has 1 aromatic heterocycles. The van der Waals surface area contributed by atoms with Crippen LogP contribution in [0.3, 0.4) is 0 Å². The van der Waals surface area contributed by atoms with Crippen molar-refractivity contribution in [1.29, 1.82) is 0 Å². The SMILES string of the molecule is C=C1C(=CC=C2CCC[C@]3(C)[C@@H]([C@H](C)CC[C@H](OC(C)=O)C4(c5ncc(CCCC)o5)CC4)CC[C@@H]23)C[C@@H](O)C[C@@H]1O. The Morgan fingerprint density at radius 2 is 2.02 bits per heavy atom. The highest BCUT2D eigenvalue weighted by Crippen LogP contribution is 2.60.